The van der Waals surface area contributed by atoms with Gasteiger partial charge in [0.05, 0.1) is 12.9 Å². The van der Waals surface area contributed by atoms with E-state index in [1.54, 1.807) is 13.2 Å². The van der Waals surface area contributed by atoms with E-state index < -0.39 is 9.84 Å². The van der Waals surface area contributed by atoms with Crippen LogP contribution in [-0.4, -0.2) is 40.7 Å². The van der Waals surface area contributed by atoms with Gasteiger partial charge in [-0.2, -0.15) is 0 Å². The minimum Gasteiger partial charge on any atom is -0.493 e. The van der Waals surface area contributed by atoms with Crippen LogP contribution >= 0.6 is 0 Å². The van der Waals surface area contributed by atoms with Crippen molar-refractivity contribution in [1.82, 2.24) is 0 Å². The van der Waals surface area contributed by atoms with Crippen LogP contribution in [0.3, 0.4) is 0 Å². The second kappa shape index (κ2) is 6.61. The van der Waals surface area contributed by atoms with Crippen molar-refractivity contribution in [3.8, 4) is 11.5 Å². The van der Waals surface area contributed by atoms with E-state index >= 15 is 0 Å². The van der Waals surface area contributed by atoms with E-state index in [1.165, 1.54) is 6.26 Å². The first kappa shape index (κ1) is 14.8. The first-order chi connectivity index (χ1) is 8.46. The zero-order valence-electron chi connectivity index (χ0n) is 10.7. The number of hydrogen-bond acceptors (Lipinski definition) is 5. The standard InChI is InChI=1S/C12H19NO4S/c1-16-12-9-10(5-6-13)3-4-11(12)17-7-8-18(2,14)15/h3-4,9H,5-8,13H2,1-2H3. The van der Waals surface area contributed by atoms with Crippen molar-refractivity contribution in [2.75, 3.05) is 32.3 Å². The summed E-state index contributed by atoms with van der Waals surface area (Å²) in [5.74, 6) is 1.12. The molecule has 0 bridgehead atoms. The number of benzene rings is 1. The summed E-state index contributed by atoms with van der Waals surface area (Å²) in [6, 6.07) is 5.51. The molecule has 0 amide bonds. The minimum absolute atomic E-state index is 0.0132. The molecule has 2 N–H and O–H groups in total. The summed E-state index contributed by atoms with van der Waals surface area (Å²) >= 11 is 0. The maximum atomic E-state index is 11.0. The van der Waals surface area contributed by atoms with Crippen LogP contribution in [0, 0.1) is 0 Å². The molecular weight excluding hydrogens is 254 g/mol. The van der Waals surface area contributed by atoms with Crippen LogP contribution in [0.4, 0.5) is 0 Å². The minimum atomic E-state index is -3.01. The molecule has 0 aliphatic carbocycles. The van der Waals surface area contributed by atoms with Crippen molar-refractivity contribution in [3.63, 3.8) is 0 Å². The van der Waals surface area contributed by atoms with Gasteiger partial charge in [0.25, 0.3) is 0 Å². The van der Waals surface area contributed by atoms with Gasteiger partial charge in [-0.3, -0.25) is 0 Å². The molecule has 0 saturated heterocycles. The van der Waals surface area contributed by atoms with Crippen molar-refractivity contribution in [3.05, 3.63) is 23.8 Å². The van der Waals surface area contributed by atoms with Crippen LogP contribution in [-0.2, 0) is 16.3 Å². The van der Waals surface area contributed by atoms with Crippen LogP contribution in [0.5, 0.6) is 11.5 Å². The fourth-order valence-corrected chi connectivity index (χ4v) is 1.84. The lowest BCUT2D eigenvalue weighted by molar-refractivity contribution is 0.311. The highest BCUT2D eigenvalue weighted by Crippen LogP contribution is 2.28. The van der Waals surface area contributed by atoms with Gasteiger partial charge in [0.15, 0.2) is 21.3 Å². The molecule has 0 spiro atoms. The van der Waals surface area contributed by atoms with Crippen molar-refractivity contribution in [1.29, 1.82) is 0 Å². The summed E-state index contributed by atoms with van der Waals surface area (Å²) in [6.07, 6.45) is 1.94. The van der Waals surface area contributed by atoms with E-state index in [9.17, 15) is 8.42 Å². The Hall–Kier alpha value is -1.27. The molecule has 6 heteroatoms. The van der Waals surface area contributed by atoms with Gasteiger partial charge in [0.1, 0.15) is 6.61 Å². The lowest BCUT2D eigenvalue weighted by atomic mass is 10.1. The van der Waals surface area contributed by atoms with Crippen molar-refractivity contribution in [2.45, 2.75) is 6.42 Å². The average Bonchev–Trinajstić information content (AvgIpc) is 2.29. The first-order valence-corrected chi connectivity index (χ1v) is 7.70. The zero-order valence-corrected chi connectivity index (χ0v) is 11.5. The number of ether oxygens (including phenoxy) is 2. The Morgan fingerprint density at radius 2 is 2.00 bits per heavy atom. The fourth-order valence-electron chi connectivity index (χ4n) is 1.46. The van der Waals surface area contributed by atoms with Gasteiger partial charge in [-0.25, -0.2) is 8.42 Å². The molecule has 1 rings (SSSR count). The molecule has 0 unspecified atom stereocenters. The van der Waals surface area contributed by atoms with Gasteiger partial charge in [-0.15, -0.1) is 0 Å². The summed E-state index contributed by atoms with van der Waals surface area (Å²) < 4.78 is 32.6. The first-order valence-electron chi connectivity index (χ1n) is 5.64. The molecule has 1 aromatic rings. The second-order valence-corrected chi connectivity index (χ2v) is 6.26. The van der Waals surface area contributed by atoms with Gasteiger partial charge in [0, 0.05) is 6.26 Å². The Bertz CT molecular complexity index is 485. The maximum Gasteiger partial charge on any atom is 0.161 e. The normalized spacial score (nSPS) is 11.3. The molecule has 0 aliphatic rings. The van der Waals surface area contributed by atoms with Gasteiger partial charge in [-0.05, 0) is 30.7 Å². The lowest BCUT2D eigenvalue weighted by Crippen LogP contribution is -2.12. The predicted octanol–water partition coefficient (Wildman–Crippen LogP) is 0.620. The highest BCUT2D eigenvalue weighted by atomic mass is 32.2. The molecular formula is C12H19NO4S. The second-order valence-electron chi connectivity index (χ2n) is 4.00. The van der Waals surface area contributed by atoms with E-state index in [0.717, 1.165) is 12.0 Å². The van der Waals surface area contributed by atoms with Crippen LogP contribution in [0.1, 0.15) is 5.56 Å². The third kappa shape index (κ3) is 4.93. The zero-order chi connectivity index (χ0) is 13.6. The summed E-state index contributed by atoms with van der Waals surface area (Å²) in [7, 11) is -1.47. The molecule has 0 atom stereocenters. The van der Waals surface area contributed by atoms with Gasteiger partial charge >= 0.3 is 0 Å². The van der Waals surface area contributed by atoms with E-state index in [2.05, 4.69) is 0 Å². The summed E-state index contributed by atoms with van der Waals surface area (Å²) in [5.41, 5.74) is 6.54. The Labute approximate surface area is 108 Å². The molecule has 18 heavy (non-hydrogen) atoms. The van der Waals surface area contributed by atoms with Crippen LogP contribution in [0.2, 0.25) is 0 Å². The molecule has 5 nitrogen and oxygen atoms in total. The molecule has 0 aromatic heterocycles. The maximum absolute atomic E-state index is 11.0. The number of methoxy groups -OCH3 is 1. The quantitative estimate of drug-likeness (QED) is 0.788. The van der Waals surface area contributed by atoms with Crippen LogP contribution < -0.4 is 15.2 Å². The van der Waals surface area contributed by atoms with Crippen LogP contribution in [0.15, 0.2) is 18.2 Å². The van der Waals surface area contributed by atoms with E-state index in [0.29, 0.717) is 18.0 Å². The Balaban J connectivity index is 2.70. The molecule has 0 aliphatic heterocycles. The number of nitrogens with two attached hydrogens (primary N) is 1. The van der Waals surface area contributed by atoms with E-state index in [4.69, 9.17) is 15.2 Å². The van der Waals surface area contributed by atoms with E-state index in [-0.39, 0.29) is 12.4 Å². The smallest absolute Gasteiger partial charge is 0.161 e. The van der Waals surface area contributed by atoms with Gasteiger partial charge in [-0.1, -0.05) is 6.07 Å². The summed E-state index contributed by atoms with van der Waals surface area (Å²) in [6.45, 7) is 0.683. The lowest BCUT2D eigenvalue weighted by Gasteiger charge is -2.11. The average molecular weight is 273 g/mol. The van der Waals surface area contributed by atoms with Crippen molar-refractivity contribution in [2.24, 2.45) is 5.73 Å². The monoisotopic (exact) mass is 273 g/mol. The number of hydrogen-bond donors (Lipinski definition) is 1. The Morgan fingerprint density at radius 3 is 2.56 bits per heavy atom. The third-order valence-corrected chi connectivity index (χ3v) is 3.28. The van der Waals surface area contributed by atoms with Crippen molar-refractivity contribution >= 4 is 9.84 Å². The largest absolute Gasteiger partial charge is 0.493 e. The highest BCUT2D eigenvalue weighted by molar-refractivity contribution is 7.90. The molecule has 102 valence electrons. The molecule has 0 heterocycles. The SMILES string of the molecule is COc1cc(CCN)ccc1OCCS(C)(=O)=O. The molecule has 0 saturated carbocycles. The Kier molecular flexibility index (Phi) is 5.43. The summed E-state index contributed by atoms with van der Waals surface area (Å²) in [4.78, 5) is 0. The molecule has 0 radical (unpaired) electrons. The third-order valence-electron chi connectivity index (χ3n) is 2.37. The summed E-state index contributed by atoms with van der Waals surface area (Å²) in [5, 5.41) is 0. The van der Waals surface area contributed by atoms with Gasteiger partial charge in [0.2, 0.25) is 0 Å². The number of rotatable bonds is 7. The van der Waals surface area contributed by atoms with Crippen LogP contribution in [0.25, 0.3) is 0 Å². The molecule has 0 fully saturated rings. The van der Waals surface area contributed by atoms with Gasteiger partial charge < -0.3 is 15.2 Å². The Morgan fingerprint density at radius 1 is 1.28 bits per heavy atom. The predicted molar refractivity (Wildman–Crippen MR) is 71.0 cm³/mol. The molecule has 1 aromatic carbocycles. The topological polar surface area (TPSA) is 78.6 Å². The number of sulfone groups is 1. The fraction of sp³-hybridized carbons (Fsp3) is 0.500. The van der Waals surface area contributed by atoms with E-state index in [1.807, 2.05) is 12.1 Å². The highest BCUT2D eigenvalue weighted by Gasteiger charge is 2.07. The van der Waals surface area contributed by atoms with Crippen molar-refractivity contribution < 1.29 is 17.9 Å².